The SMILES string of the molecule is CCC(N)Cc1ccc(Sc2ccc(Br)cc2)cc1C. The summed E-state index contributed by atoms with van der Waals surface area (Å²) in [4.78, 5) is 2.53. The Balaban J connectivity index is 2.10. The zero-order valence-corrected chi connectivity index (χ0v) is 14.3. The molecule has 0 spiro atoms. The van der Waals surface area contributed by atoms with E-state index in [-0.39, 0.29) is 6.04 Å². The number of hydrogen-bond acceptors (Lipinski definition) is 2. The summed E-state index contributed by atoms with van der Waals surface area (Å²) in [6, 6.07) is 15.3. The second-order valence-electron chi connectivity index (χ2n) is 5.02. The van der Waals surface area contributed by atoms with Gasteiger partial charge < -0.3 is 5.73 Å². The van der Waals surface area contributed by atoms with Crippen molar-refractivity contribution in [1.82, 2.24) is 0 Å². The van der Waals surface area contributed by atoms with Crippen LogP contribution in [0, 0.1) is 6.92 Å². The van der Waals surface area contributed by atoms with Gasteiger partial charge in [-0.2, -0.15) is 0 Å². The van der Waals surface area contributed by atoms with Crippen molar-refractivity contribution in [2.75, 3.05) is 0 Å². The van der Waals surface area contributed by atoms with Gasteiger partial charge in [-0.15, -0.1) is 0 Å². The van der Waals surface area contributed by atoms with Gasteiger partial charge in [0.05, 0.1) is 0 Å². The summed E-state index contributed by atoms with van der Waals surface area (Å²) in [6.07, 6.45) is 1.99. The van der Waals surface area contributed by atoms with E-state index in [2.05, 4.69) is 72.2 Å². The van der Waals surface area contributed by atoms with Crippen LogP contribution in [0.2, 0.25) is 0 Å². The van der Waals surface area contributed by atoms with Gasteiger partial charge in [-0.25, -0.2) is 0 Å². The number of halogens is 1. The van der Waals surface area contributed by atoms with Crippen LogP contribution in [0.5, 0.6) is 0 Å². The minimum atomic E-state index is 0.263. The Hall–Kier alpha value is -0.770. The Bertz CT molecular complexity index is 566. The first-order valence-corrected chi connectivity index (χ1v) is 8.48. The molecule has 3 heteroatoms. The Morgan fingerprint density at radius 3 is 2.35 bits per heavy atom. The van der Waals surface area contributed by atoms with E-state index in [1.165, 1.54) is 20.9 Å². The molecule has 0 aliphatic heterocycles. The van der Waals surface area contributed by atoms with E-state index in [9.17, 15) is 0 Å². The van der Waals surface area contributed by atoms with Crippen LogP contribution in [0.25, 0.3) is 0 Å². The fourth-order valence-electron chi connectivity index (χ4n) is 2.03. The van der Waals surface area contributed by atoms with E-state index in [4.69, 9.17) is 5.73 Å². The highest BCUT2D eigenvalue weighted by Gasteiger charge is 2.06. The summed E-state index contributed by atoms with van der Waals surface area (Å²) in [7, 11) is 0. The second-order valence-corrected chi connectivity index (χ2v) is 7.08. The third-order valence-corrected chi connectivity index (χ3v) is 4.90. The number of rotatable bonds is 5. The lowest BCUT2D eigenvalue weighted by atomic mass is 10.0. The second kappa shape index (κ2) is 7.30. The van der Waals surface area contributed by atoms with Gasteiger partial charge in [0.1, 0.15) is 0 Å². The maximum absolute atomic E-state index is 6.04. The van der Waals surface area contributed by atoms with Crippen LogP contribution in [-0.4, -0.2) is 6.04 Å². The molecule has 0 aliphatic carbocycles. The lowest BCUT2D eigenvalue weighted by molar-refractivity contribution is 0.644. The average Bonchev–Trinajstić information content (AvgIpc) is 2.44. The molecular weight excluding hydrogens is 330 g/mol. The zero-order valence-electron chi connectivity index (χ0n) is 11.9. The van der Waals surface area contributed by atoms with E-state index >= 15 is 0 Å². The first-order chi connectivity index (χ1) is 9.58. The predicted molar refractivity (Wildman–Crippen MR) is 91.4 cm³/mol. The van der Waals surface area contributed by atoms with Crippen molar-refractivity contribution in [3.05, 3.63) is 58.1 Å². The molecule has 2 rings (SSSR count). The highest BCUT2D eigenvalue weighted by atomic mass is 79.9. The van der Waals surface area contributed by atoms with Crippen molar-refractivity contribution in [3.63, 3.8) is 0 Å². The minimum Gasteiger partial charge on any atom is -0.327 e. The van der Waals surface area contributed by atoms with Gasteiger partial charge in [-0.1, -0.05) is 40.7 Å². The van der Waals surface area contributed by atoms with E-state index < -0.39 is 0 Å². The molecule has 0 fully saturated rings. The predicted octanol–water partition coefficient (Wildman–Crippen LogP) is 5.19. The van der Waals surface area contributed by atoms with Crippen molar-refractivity contribution in [1.29, 1.82) is 0 Å². The Kier molecular flexibility index (Phi) is 5.70. The Labute approximate surface area is 134 Å². The summed E-state index contributed by atoms with van der Waals surface area (Å²) < 4.78 is 1.11. The van der Waals surface area contributed by atoms with Gasteiger partial charge in [0.25, 0.3) is 0 Å². The van der Waals surface area contributed by atoms with Gasteiger partial charge in [0, 0.05) is 20.3 Å². The summed E-state index contributed by atoms with van der Waals surface area (Å²) in [5.41, 5.74) is 8.73. The Morgan fingerprint density at radius 1 is 1.10 bits per heavy atom. The molecule has 0 aromatic heterocycles. The number of hydrogen-bond donors (Lipinski definition) is 1. The van der Waals surface area contributed by atoms with Gasteiger partial charge in [-0.05, 0) is 67.3 Å². The molecule has 1 unspecified atom stereocenters. The molecule has 0 bridgehead atoms. The van der Waals surface area contributed by atoms with Crippen LogP contribution in [-0.2, 0) is 6.42 Å². The third-order valence-electron chi connectivity index (χ3n) is 3.37. The highest BCUT2D eigenvalue weighted by Crippen LogP contribution is 2.30. The molecule has 106 valence electrons. The maximum atomic E-state index is 6.04. The van der Waals surface area contributed by atoms with Crippen molar-refractivity contribution < 1.29 is 0 Å². The number of aryl methyl sites for hydroxylation is 1. The van der Waals surface area contributed by atoms with E-state index in [1.54, 1.807) is 11.8 Å². The molecule has 2 aromatic carbocycles. The lowest BCUT2D eigenvalue weighted by Crippen LogP contribution is -2.21. The molecule has 1 nitrogen and oxygen atoms in total. The standard InChI is InChI=1S/C17H20BrNS/c1-3-15(19)11-13-4-7-17(10-12(13)2)20-16-8-5-14(18)6-9-16/h4-10,15H,3,11,19H2,1-2H3. The smallest absolute Gasteiger partial charge is 0.0176 e. The van der Waals surface area contributed by atoms with Crippen LogP contribution in [0.15, 0.2) is 56.7 Å². The molecule has 1 atom stereocenters. The van der Waals surface area contributed by atoms with E-state index in [0.717, 1.165) is 17.3 Å². The molecule has 20 heavy (non-hydrogen) atoms. The topological polar surface area (TPSA) is 26.0 Å². The molecular formula is C17H20BrNS. The van der Waals surface area contributed by atoms with Crippen LogP contribution < -0.4 is 5.73 Å². The molecule has 2 N–H and O–H groups in total. The summed E-state index contributed by atoms with van der Waals surface area (Å²) in [6.45, 7) is 4.31. The summed E-state index contributed by atoms with van der Waals surface area (Å²) >= 11 is 5.25. The van der Waals surface area contributed by atoms with Crippen molar-refractivity contribution in [3.8, 4) is 0 Å². The lowest BCUT2D eigenvalue weighted by Gasteiger charge is -2.12. The van der Waals surface area contributed by atoms with Crippen molar-refractivity contribution in [2.24, 2.45) is 5.73 Å². The first kappa shape index (κ1) is 15.6. The highest BCUT2D eigenvalue weighted by molar-refractivity contribution is 9.10. The number of benzene rings is 2. The Morgan fingerprint density at radius 2 is 1.75 bits per heavy atom. The molecule has 0 aliphatic rings. The van der Waals surface area contributed by atoms with Gasteiger partial charge in [-0.3, -0.25) is 0 Å². The van der Waals surface area contributed by atoms with Crippen molar-refractivity contribution in [2.45, 2.75) is 42.5 Å². The molecule has 2 aromatic rings. The molecule has 0 saturated carbocycles. The minimum absolute atomic E-state index is 0.263. The van der Waals surface area contributed by atoms with Crippen LogP contribution in [0.1, 0.15) is 24.5 Å². The summed E-state index contributed by atoms with van der Waals surface area (Å²) in [5, 5.41) is 0. The molecule has 0 heterocycles. The molecule has 0 amide bonds. The molecule has 0 radical (unpaired) electrons. The van der Waals surface area contributed by atoms with E-state index in [0.29, 0.717) is 0 Å². The molecule has 0 saturated heterocycles. The maximum Gasteiger partial charge on any atom is 0.0176 e. The quantitative estimate of drug-likeness (QED) is 0.803. The van der Waals surface area contributed by atoms with Gasteiger partial charge in [0.15, 0.2) is 0 Å². The first-order valence-electron chi connectivity index (χ1n) is 6.87. The van der Waals surface area contributed by atoms with Crippen LogP contribution in [0.3, 0.4) is 0 Å². The van der Waals surface area contributed by atoms with Crippen LogP contribution >= 0.6 is 27.7 Å². The third kappa shape index (κ3) is 4.37. The fourth-order valence-corrected chi connectivity index (χ4v) is 3.21. The van der Waals surface area contributed by atoms with Crippen LogP contribution in [0.4, 0.5) is 0 Å². The normalized spacial score (nSPS) is 12.4. The van der Waals surface area contributed by atoms with Gasteiger partial charge >= 0.3 is 0 Å². The zero-order chi connectivity index (χ0) is 14.5. The van der Waals surface area contributed by atoms with E-state index in [1.807, 2.05) is 0 Å². The monoisotopic (exact) mass is 349 g/mol. The van der Waals surface area contributed by atoms with Crippen molar-refractivity contribution >= 4 is 27.7 Å². The fraction of sp³-hybridized carbons (Fsp3) is 0.294. The largest absolute Gasteiger partial charge is 0.327 e. The average molecular weight is 350 g/mol. The number of nitrogens with two attached hydrogens (primary N) is 1. The summed E-state index contributed by atoms with van der Waals surface area (Å²) in [5.74, 6) is 0. The van der Waals surface area contributed by atoms with Gasteiger partial charge in [0.2, 0.25) is 0 Å².